The van der Waals surface area contributed by atoms with Crippen LogP contribution in [-0.4, -0.2) is 38.5 Å². The number of rotatable bonds is 7. The van der Waals surface area contributed by atoms with E-state index in [4.69, 9.17) is 15.2 Å². The molecule has 0 fully saturated rings. The quantitative estimate of drug-likeness (QED) is 0.806. The predicted octanol–water partition coefficient (Wildman–Crippen LogP) is 1.77. The van der Waals surface area contributed by atoms with E-state index >= 15 is 0 Å². The molecule has 1 aromatic heterocycles. The molecule has 5 nitrogen and oxygen atoms in total. The summed E-state index contributed by atoms with van der Waals surface area (Å²) in [5.74, 6) is 0.843. The number of nitrogens with zero attached hydrogens (tertiary/aromatic N) is 1. The van der Waals surface area contributed by atoms with E-state index in [0.717, 1.165) is 22.2 Å². The number of nitrogens with two attached hydrogens (primary N) is 1. The van der Waals surface area contributed by atoms with Crippen molar-refractivity contribution >= 4 is 16.6 Å². The van der Waals surface area contributed by atoms with Crippen LogP contribution in [0.2, 0.25) is 0 Å². The molecule has 0 saturated carbocycles. The summed E-state index contributed by atoms with van der Waals surface area (Å²) in [4.78, 5) is 4.46. The summed E-state index contributed by atoms with van der Waals surface area (Å²) in [6, 6.07) is 8.11. The number of hydrogen-bond acceptors (Lipinski definition) is 5. The molecule has 0 aliphatic heterocycles. The Kier molecular flexibility index (Phi) is 5.29. The van der Waals surface area contributed by atoms with Gasteiger partial charge in [0.2, 0.25) is 0 Å². The first kappa shape index (κ1) is 14.7. The molecule has 0 radical (unpaired) electrons. The highest BCUT2D eigenvalue weighted by Gasteiger charge is 2.10. The van der Waals surface area contributed by atoms with Crippen LogP contribution < -0.4 is 11.1 Å². The van der Waals surface area contributed by atoms with Gasteiger partial charge in [-0.25, -0.2) is 4.98 Å². The van der Waals surface area contributed by atoms with Gasteiger partial charge in [-0.3, -0.25) is 0 Å². The largest absolute Gasteiger partial charge is 0.382 e. The van der Waals surface area contributed by atoms with Crippen LogP contribution in [0.15, 0.2) is 30.5 Å². The van der Waals surface area contributed by atoms with Gasteiger partial charge in [0.1, 0.15) is 5.82 Å². The number of anilines is 1. The lowest BCUT2D eigenvalue weighted by molar-refractivity contribution is 0.0365. The molecular formula is C15H21N3O2. The topological polar surface area (TPSA) is 69.4 Å². The van der Waals surface area contributed by atoms with Crippen LogP contribution in [0.1, 0.15) is 5.56 Å². The highest BCUT2D eigenvalue weighted by atomic mass is 16.5. The zero-order chi connectivity index (χ0) is 14.4. The summed E-state index contributed by atoms with van der Waals surface area (Å²) >= 11 is 0. The van der Waals surface area contributed by atoms with Crippen molar-refractivity contribution in [1.29, 1.82) is 0 Å². The normalized spacial score (nSPS) is 12.6. The summed E-state index contributed by atoms with van der Waals surface area (Å²) in [6.45, 7) is 1.67. The Labute approximate surface area is 119 Å². The fraction of sp³-hybridized carbons (Fsp3) is 0.400. The maximum atomic E-state index is 5.75. The van der Waals surface area contributed by atoms with Crippen molar-refractivity contribution in [1.82, 2.24) is 4.98 Å². The molecule has 0 spiro atoms. The van der Waals surface area contributed by atoms with Gasteiger partial charge in [-0.2, -0.15) is 0 Å². The molecule has 2 rings (SSSR count). The van der Waals surface area contributed by atoms with Gasteiger partial charge >= 0.3 is 0 Å². The highest BCUT2D eigenvalue weighted by molar-refractivity contribution is 5.93. The number of benzene rings is 1. The van der Waals surface area contributed by atoms with Crippen LogP contribution in [-0.2, 0) is 16.0 Å². The number of aromatic nitrogens is 1. The zero-order valence-corrected chi connectivity index (χ0v) is 11.9. The first-order valence-corrected chi connectivity index (χ1v) is 6.62. The predicted molar refractivity (Wildman–Crippen MR) is 80.8 cm³/mol. The van der Waals surface area contributed by atoms with Crippen LogP contribution in [0.25, 0.3) is 10.8 Å². The molecule has 0 amide bonds. The van der Waals surface area contributed by atoms with Crippen LogP contribution in [0, 0.1) is 0 Å². The van der Waals surface area contributed by atoms with Gasteiger partial charge in [0.05, 0.1) is 12.7 Å². The Balaban J connectivity index is 2.22. The third kappa shape index (κ3) is 3.25. The van der Waals surface area contributed by atoms with E-state index in [1.54, 1.807) is 14.2 Å². The Morgan fingerprint density at radius 1 is 1.25 bits per heavy atom. The average Bonchev–Trinajstić information content (AvgIpc) is 2.51. The Hall–Kier alpha value is -1.69. The lowest BCUT2D eigenvalue weighted by Gasteiger charge is -2.17. The second-order valence-electron chi connectivity index (χ2n) is 4.58. The number of pyridine rings is 1. The van der Waals surface area contributed by atoms with Crippen molar-refractivity contribution in [3.63, 3.8) is 0 Å². The van der Waals surface area contributed by atoms with Crippen molar-refractivity contribution in [2.45, 2.75) is 12.6 Å². The van der Waals surface area contributed by atoms with Crippen molar-refractivity contribution < 1.29 is 9.47 Å². The van der Waals surface area contributed by atoms with E-state index in [1.807, 2.05) is 24.4 Å². The Bertz CT molecular complexity index is 560. The minimum Gasteiger partial charge on any atom is -0.382 e. The minimum absolute atomic E-state index is 0.00486. The van der Waals surface area contributed by atoms with Gasteiger partial charge in [-0.05, 0) is 10.9 Å². The molecule has 1 atom stereocenters. The van der Waals surface area contributed by atoms with E-state index in [-0.39, 0.29) is 6.10 Å². The van der Waals surface area contributed by atoms with Crippen molar-refractivity contribution in [3.05, 3.63) is 36.0 Å². The number of nitrogens with one attached hydrogen (secondary N) is 1. The first-order valence-electron chi connectivity index (χ1n) is 6.62. The minimum atomic E-state index is -0.00486. The van der Waals surface area contributed by atoms with E-state index < -0.39 is 0 Å². The Morgan fingerprint density at radius 3 is 2.65 bits per heavy atom. The van der Waals surface area contributed by atoms with Crippen LogP contribution >= 0.6 is 0 Å². The second kappa shape index (κ2) is 7.19. The molecule has 0 aliphatic rings. The van der Waals surface area contributed by atoms with Gasteiger partial charge in [-0.15, -0.1) is 0 Å². The fourth-order valence-electron chi connectivity index (χ4n) is 2.16. The number of fused-ring (bicyclic) bond motifs is 1. The summed E-state index contributed by atoms with van der Waals surface area (Å²) in [5.41, 5.74) is 6.80. The molecule has 5 heteroatoms. The maximum Gasteiger partial charge on any atom is 0.133 e. The molecule has 0 saturated heterocycles. The highest BCUT2D eigenvalue weighted by Crippen LogP contribution is 2.24. The van der Waals surface area contributed by atoms with Gasteiger partial charge in [0, 0.05) is 38.9 Å². The Morgan fingerprint density at radius 2 is 2.00 bits per heavy atom. The number of hydrogen-bond donors (Lipinski definition) is 2. The third-order valence-corrected chi connectivity index (χ3v) is 3.28. The van der Waals surface area contributed by atoms with Gasteiger partial charge in [-0.1, -0.05) is 24.3 Å². The van der Waals surface area contributed by atoms with Gasteiger partial charge < -0.3 is 20.5 Å². The SMILES string of the molecule is COCC(CNc1ncc(CN)c2ccccc12)OC. The van der Waals surface area contributed by atoms with E-state index in [9.17, 15) is 0 Å². The molecule has 1 aromatic carbocycles. The smallest absolute Gasteiger partial charge is 0.133 e. The van der Waals surface area contributed by atoms with Gasteiger partial charge in [0.25, 0.3) is 0 Å². The van der Waals surface area contributed by atoms with Crippen LogP contribution in [0.4, 0.5) is 5.82 Å². The second-order valence-corrected chi connectivity index (χ2v) is 4.58. The monoisotopic (exact) mass is 275 g/mol. The van der Waals surface area contributed by atoms with Crippen molar-refractivity contribution in [2.75, 3.05) is 32.7 Å². The number of methoxy groups -OCH3 is 2. The van der Waals surface area contributed by atoms with Crippen molar-refractivity contribution in [3.8, 4) is 0 Å². The molecule has 2 aromatic rings. The summed E-state index contributed by atoms with van der Waals surface area (Å²) in [5, 5.41) is 5.52. The van der Waals surface area contributed by atoms with Crippen molar-refractivity contribution in [2.24, 2.45) is 5.73 Å². The molecule has 20 heavy (non-hydrogen) atoms. The van der Waals surface area contributed by atoms with E-state index in [2.05, 4.69) is 16.4 Å². The van der Waals surface area contributed by atoms with Gasteiger partial charge in [0.15, 0.2) is 0 Å². The molecule has 0 bridgehead atoms. The fourth-order valence-corrected chi connectivity index (χ4v) is 2.16. The molecule has 0 aliphatic carbocycles. The van der Waals surface area contributed by atoms with Crippen LogP contribution in [0.3, 0.4) is 0 Å². The van der Waals surface area contributed by atoms with E-state index in [0.29, 0.717) is 19.7 Å². The molecule has 108 valence electrons. The summed E-state index contributed by atoms with van der Waals surface area (Å²) < 4.78 is 10.4. The average molecular weight is 275 g/mol. The standard InChI is InChI=1S/C15H21N3O2/c1-19-10-12(20-2)9-18-15-14-6-4-3-5-13(14)11(7-16)8-17-15/h3-6,8,12H,7,9-10,16H2,1-2H3,(H,17,18). The number of ether oxygens (including phenoxy) is 2. The van der Waals surface area contributed by atoms with E-state index in [1.165, 1.54) is 0 Å². The molecule has 1 heterocycles. The molecular weight excluding hydrogens is 254 g/mol. The lowest BCUT2D eigenvalue weighted by atomic mass is 10.1. The summed E-state index contributed by atoms with van der Waals surface area (Å²) in [6.07, 6.45) is 1.82. The zero-order valence-electron chi connectivity index (χ0n) is 11.9. The third-order valence-electron chi connectivity index (χ3n) is 3.28. The van der Waals surface area contributed by atoms with Crippen LogP contribution in [0.5, 0.6) is 0 Å². The summed E-state index contributed by atoms with van der Waals surface area (Å²) in [7, 11) is 3.34. The maximum absolute atomic E-state index is 5.75. The molecule has 3 N–H and O–H groups in total. The lowest BCUT2D eigenvalue weighted by Crippen LogP contribution is -2.27. The first-order chi connectivity index (χ1) is 9.80. The molecule has 1 unspecified atom stereocenters.